The van der Waals surface area contributed by atoms with Gasteiger partial charge in [0.15, 0.2) is 6.20 Å². The molecule has 0 bridgehead atoms. The zero-order chi connectivity index (χ0) is 16.2. The number of hydrogen-bond acceptors (Lipinski definition) is 0. The van der Waals surface area contributed by atoms with Crippen molar-refractivity contribution in [1.82, 2.24) is 0 Å². The molecule has 1 heterocycles. The molecule has 0 saturated heterocycles. The predicted molar refractivity (Wildman–Crippen MR) is 72.6 cm³/mol. The quantitative estimate of drug-likeness (QED) is 0.352. The van der Waals surface area contributed by atoms with Crippen LogP contribution >= 0.6 is 7.81 Å². The average molecular weight is 331 g/mol. The van der Waals surface area contributed by atoms with E-state index in [0.717, 1.165) is 6.54 Å². The number of rotatable bonds is 3. The first kappa shape index (κ1) is 17.7. The van der Waals surface area contributed by atoms with Gasteiger partial charge in [-0.1, -0.05) is 25.5 Å². The summed E-state index contributed by atoms with van der Waals surface area (Å²) in [6, 6.07) is 12.8. The fourth-order valence-corrected chi connectivity index (χ4v) is 1.74. The Morgan fingerprint density at radius 1 is 0.905 bits per heavy atom. The SMILES string of the molecule is CCCC[n+]1cccc2ccccc21.F[P-](F)(F)(F)(F)F. The number of aromatic nitrogens is 1. The summed E-state index contributed by atoms with van der Waals surface area (Å²) in [6.45, 7) is 3.35. The van der Waals surface area contributed by atoms with E-state index in [1.807, 2.05) is 0 Å². The summed E-state index contributed by atoms with van der Waals surface area (Å²) in [5, 5.41) is 1.33. The van der Waals surface area contributed by atoms with Crippen molar-refractivity contribution in [3.63, 3.8) is 0 Å². The van der Waals surface area contributed by atoms with Crippen molar-refractivity contribution in [2.45, 2.75) is 26.3 Å². The molecule has 0 atom stereocenters. The van der Waals surface area contributed by atoms with Crippen LogP contribution in [0.25, 0.3) is 10.9 Å². The topological polar surface area (TPSA) is 3.88 Å². The van der Waals surface area contributed by atoms with Crippen LogP contribution in [0, 0.1) is 0 Å². The number of hydrogen-bond donors (Lipinski definition) is 0. The third-order valence-electron chi connectivity index (χ3n) is 2.54. The van der Waals surface area contributed by atoms with E-state index in [1.165, 1.54) is 23.7 Å². The van der Waals surface area contributed by atoms with Gasteiger partial charge in [0.2, 0.25) is 5.52 Å². The van der Waals surface area contributed by atoms with E-state index in [-0.39, 0.29) is 0 Å². The third-order valence-corrected chi connectivity index (χ3v) is 2.54. The molecule has 120 valence electrons. The van der Waals surface area contributed by atoms with Crippen LogP contribution in [0.1, 0.15) is 19.8 Å². The van der Waals surface area contributed by atoms with E-state index < -0.39 is 7.81 Å². The van der Waals surface area contributed by atoms with Gasteiger partial charge >= 0.3 is 33.0 Å². The van der Waals surface area contributed by atoms with Crippen LogP contribution in [0.2, 0.25) is 0 Å². The Kier molecular flexibility index (Phi) is 4.59. The van der Waals surface area contributed by atoms with E-state index in [4.69, 9.17) is 0 Å². The Morgan fingerprint density at radius 2 is 1.43 bits per heavy atom. The van der Waals surface area contributed by atoms with Crippen LogP contribution in [0.3, 0.4) is 0 Å². The molecule has 0 fully saturated rings. The molecular formula is C13H16F6NP. The number of halogens is 6. The molecule has 2 rings (SSSR count). The number of unbranched alkanes of at least 4 members (excludes halogenated alkanes) is 1. The Labute approximate surface area is 118 Å². The second-order valence-corrected chi connectivity index (χ2v) is 6.49. The van der Waals surface area contributed by atoms with Gasteiger partial charge in [-0.3, -0.25) is 0 Å². The van der Waals surface area contributed by atoms with Crippen LogP contribution in [-0.2, 0) is 6.54 Å². The predicted octanol–water partition coefficient (Wildman–Crippen LogP) is 6.31. The molecule has 0 aliphatic carbocycles. The molecular weight excluding hydrogens is 315 g/mol. The van der Waals surface area contributed by atoms with Gasteiger partial charge in [0, 0.05) is 23.9 Å². The minimum atomic E-state index is -10.7. The molecule has 2 aromatic rings. The standard InChI is InChI=1S/C13H16N.F6P/c1-2-3-10-14-11-6-8-12-7-4-5-9-13(12)14;1-7(2,3,4,5)6/h4-9,11H,2-3,10H2,1H3;/q+1;-1. The molecule has 0 spiro atoms. The first-order valence-corrected chi connectivity index (χ1v) is 8.33. The van der Waals surface area contributed by atoms with Gasteiger partial charge in [0.1, 0.15) is 6.54 Å². The van der Waals surface area contributed by atoms with Crippen molar-refractivity contribution in [3.05, 3.63) is 42.6 Å². The third kappa shape index (κ3) is 9.24. The minimum absolute atomic E-state index is 1.12. The van der Waals surface area contributed by atoms with E-state index in [9.17, 15) is 25.2 Å². The normalized spacial score (nSPS) is 14.8. The molecule has 1 aromatic carbocycles. The van der Waals surface area contributed by atoms with E-state index in [1.54, 1.807) is 0 Å². The van der Waals surface area contributed by atoms with E-state index in [2.05, 4.69) is 54.1 Å². The summed E-state index contributed by atoms with van der Waals surface area (Å²) in [6.07, 6.45) is 4.66. The van der Waals surface area contributed by atoms with Gasteiger partial charge in [-0.25, -0.2) is 0 Å². The van der Waals surface area contributed by atoms with Crippen molar-refractivity contribution in [2.75, 3.05) is 0 Å². The van der Waals surface area contributed by atoms with Crippen molar-refractivity contribution >= 4 is 18.7 Å². The molecule has 8 heteroatoms. The first-order chi connectivity index (χ1) is 9.36. The maximum atomic E-state index is 9.87. The molecule has 1 aromatic heterocycles. The van der Waals surface area contributed by atoms with Gasteiger partial charge in [-0.2, -0.15) is 4.57 Å². The Bertz CT molecular complexity index is 591. The van der Waals surface area contributed by atoms with Crippen molar-refractivity contribution < 1.29 is 29.7 Å². The maximum absolute atomic E-state index is 10.7. The van der Waals surface area contributed by atoms with Gasteiger partial charge in [-0.05, 0) is 12.1 Å². The molecule has 21 heavy (non-hydrogen) atoms. The van der Waals surface area contributed by atoms with Crippen LogP contribution in [0.4, 0.5) is 25.2 Å². The summed E-state index contributed by atoms with van der Waals surface area (Å²) in [7, 11) is -10.7. The second kappa shape index (κ2) is 5.44. The molecule has 0 unspecified atom stereocenters. The first-order valence-electron chi connectivity index (χ1n) is 6.30. The van der Waals surface area contributed by atoms with Crippen molar-refractivity contribution in [1.29, 1.82) is 0 Å². The molecule has 0 aliphatic heterocycles. The fraction of sp³-hybridized carbons (Fsp3) is 0.308. The fourth-order valence-electron chi connectivity index (χ4n) is 1.74. The molecule has 1 nitrogen and oxygen atoms in total. The number of pyridine rings is 1. The van der Waals surface area contributed by atoms with Gasteiger partial charge in [0.05, 0.1) is 0 Å². The number of aryl methyl sites for hydroxylation is 1. The Hall–Kier alpha value is -1.36. The average Bonchev–Trinajstić information content (AvgIpc) is 2.32. The number of benzene rings is 1. The van der Waals surface area contributed by atoms with Gasteiger partial charge in [0.25, 0.3) is 0 Å². The van der Waals surface area contributed by atoms with Gasteiger partial charge < -0.3 is 0 Å². The Morgan fingerprint density at radius 3 is 2.00 bits per heavy atom. The van der Waals surface area contributed by atoms with Crippen molar-refractivity contribution in [3.8, 4) is 0 Å². The molecule has 0 saturated carbocycles. The summed E-state index contributed by atoms with van der Waals surface area (Å²) in [5.41, 5.74) is 1.34. The molecule has 0 amide bonds. The van der Waals surface area contributed by atoms with Crippen LogP contribution < -0.4 is 4.57 Å². The van der Waals surface area contributed by atoms with Gasteiger partial charge in [-0.15, -0.1) is 0 Å². The summed E-state index contributed by atoms with van der Waals surface area (Å²) in [4.78, 5) is 0. The monoisotopic (exact) mass is 331 g/mol. The van der Waals surface area contributed by atoms with Crippen LogP contribution in [0.5, 0.6) is 0 Å². The van der Waals surface area contributed by atoms with Crippen molar-refractivity contribution in [2.24, 2.45) is 0 Å². The zero-order valence-corrected chi connectivity index (χ0v) is 12.2. The van der Waals surface area contributed by atoms with Crippen LogP contribution in [-0.4, -0.2) is 0 Å². The number of nitrogens with zero attached hydrogens (tertiary/aromatic N) is 1. The molecule has 0 aliphatic rings. The van der Waals surface area contributed by atoms with Crippen LogP contribution in [0.15, 0.2) is 42.6 Å². The number of para-hydroxylation sites is 1. The zero-order valence-electron chi connectivity index (χ0n) is 11.3. The summed E-state index contributed by atoms with van der Waals surface area (Å²) >= 11 is 0. The Balaban J connectivity index is 0.000000270. The van der Waals surface area contributed by atoms with E-state index >= 15 is 0 Å². The number of fused-ring (bicyclic) bond motifs is 1. The second-order valence-electron chi connectivity index (χ2n) is 4.57. The molecule has 0 radical (unpaired) electrons. The summed E-state index contributed by atoms with van der Waals surface area (Å²) in [5.74, 6) is 0. The molecule has 0 N–H and O–H groups in total. The van der Waals surface area contributed by atoms with E-state index in [0.29, 0.717) is 0 Å². The summed E-state index contributed by atoms with van der Waals surface area (Å²) < 4.78 is 61.5.